The average Bonchev–Trinajstić information content (AvgIpc) is 2.54. The lowest BCUT2D eigenvalue weighted by Crippen LogP contribution is -2.19. The Hall–Kier alpha value is -3.22. The standard InChI is InChI=1S/C17H17N3O4/c1-11-3-8-15(9-16(11)20(23)24)19-17(22)14-6-4-13(5-7-14)10-18-12(2)21/h3-9H,10H2,1-2H3,(H,18,21)(H,19,22). The Morgan fingerprint density at radius 3 is 2.38 bits per heavy atom. The molecule has 0 spiro atoms. The highest BCUT2D eigenvalue weighted by molar-refractivity contribution is 6.04. The van der Waals surface area contributed by atoms with Crippen molar-refractivity contribution in [1.29, 1.82) is 0 Å². The van der Waals surface area contributed by atoms with Crippen molar-refractivity contribution >= 4 is 23.2 Å². The number of rotatable bonds is 5. The number of hydrogen-bond acceptors (Lipinski definition) is 4. The third-order valence-corrected chi connectivity index (χ3v) is 3.42. The van der Waals surface area contributed by atoms with Crippen LogP contribution in [0.15, 0.2) is 42.5 Å². The van der Waals surface area contributed by atoms with Crippen molar-refractivity contribution in [3.05, 3.63) is 69.3 Å². The van der Waals surface area contributed by atoms with Crippen LogP contribution in [-0.2, 0) is 11.3 Å². The van der Waals surface area contributed by atoms with Gasteiger partial charge in [-0.25, -0.2) is 0 Å². The second kappa shape index (κ2) is 7.36. The molecule has 7 nitrogen and oxygen atoms in total. The molecule has 2 N–H and O–H groups in total. The van der Waals surface area contributed by atoms with E-state index in [0.717, 1.165) is 5.56 Å². The quantitative estimate of drug-likeness (QED) is 0.651. The molecule has 0 bridgehead atoms. The van der Waals surface area contributed by atoms with Gasteiger partial charge >= 0.3 is 0 Å². The molecular weight excluding hydrogens is 310 g/mol. The highest BCUT2D eigenvalue weighted by atomic mass is 16.6. The van der Waals surface area contributed by atoms with Crippen molar-refractivity contribution in [3.63, 3.8) is 0 Å². The molecule has 0 aliphatic rings. The first-order valence-corrected chi connectivity index (χ1v) is 7.26. The van der Waals surface area contributed by atoms with Crippen molar-refractivity contribution in [2.45, 2.75) is 20.4 Å². The first kappa shape index (κ1) is 17.1. The van der Waals surface area contributed by atoms with E-state index >= 15 is 0 Å². The van der Waals surface area contributed by atoms with Gasteiger partial charge in [0.05, 0.1) is 4.92 Å². The Kier molecular flexibility index (Phi) is 5.26. The highest BCUT2D eigenvalue weighted by Crippen LogP contribution is 2.22. The second-order valence-electron chi connectivity index (χ2n) is 5.32. The van der Waals surface area contributed by atoms with Crippen LogP contribution in [0, 0.1) is 17.0 Å². The van der Waals surface area contributed by atoms with Crippen LogP contribution in [-0.4, -0.2) is 16.7 Å². The molecule has 124 valence electrons. The van der Waals surface area contributed by atoms with E-state index in [2.05, 4.69) is 10.6 Å². The van der Waals surface area contributed by atoms with Gasteiger partial charge in [0.15, 0.2) is 0 Å². The Morgan fingerprint density at radius 2 is 1.79 bits per heavy atom. The van der Waals surface area contributed by atoms with Gasteiger partial charge in [-0.15, -0.1) is 0 Å². The summed E-state index contributed by atoms with van der Waals surface area (Å²) < 4.78 is 0. The highest BCUT2D eigenvalue weighted by Gasteiger charge is 2.13. The molecule has 0 radical (unpaired) electrons. The van der Waals surface area contributed by atoms with Gasteiger partial charge in [0, 0.05) is 36.3 Å². The molecule has 2 aromatic carbocycles. The summed E-state index contributed by atoms with van der Waals surface area (Å²) in [6, 6.07) is 11.3. The van der Waals surface area contributed by atoms with E-state index in [-0.39, 0.29) is 17.5 Å². The molecular formula is C17H17N3O4. The summed E-state index contributed by atoms with van der Waals surface area (Å²) in [5.41, 5.74) is 2.14. The van der Waals surface area contributed by atoms with E-state index < -0.39 is 4.92 Å². The number of nitro groups is 1. The first-order chi connectivity index (χ1) is 11.4. The molecule has 2 aromatic rings. The summed E-state index contributed by atoms with van der Waals surface area (Å²) in [7, 11) is 0. The van der Waals surface area contributed by atoms with E-state index in [1.165, 1.54) is 13.0 Å². The normalized spacial score (nSPS) is 10.1. The van der Waals surface area contributed by atoms with Gasteiger partial charge in [-0.2, -0.15) is 0 Å². The summed E-state index contributed by atoms with van der Waals surface area (Å²) >= 11 is 0. The third-order valence-electron chi connectivity index (χ3n) is 3.42. The second-order valence-corrected chi connectivity index (χ2v) is 5.32. The number of amides is 2. The molecule has 0 unspecified atom stereocenters. The van der Waals surface area contributed by atoms with Gasteiger partial charge in [0.25, 0.3) is 11.6 Å². The lowest BCUT2D eigenvalue weighted by atomic mass is 10.1. The molecule has 7 heteroatoms. The number of hydrogen-bond donors (Lipinski definition) is 2. The molecule has 0 heterocycles. The third kappa shape index (κ3) is 4.39. The number of nitrogens with one attached hydrogen (secondary N) is 2. The van der Waals surface area contributed by atoms with Crippen molar-refractivity contribution in [3.8, 4) is 0 Å². The van der Waals surface area contributed by atoms with Crippen LogP contribution in [0.3, 0.4) is 0 Å². The summed E-state index contributed by atoms with van der Waals surface area (Å²) in [6.07, 6.45) is 0. The molecule has 2 rings (SSSR count). The van der Waals surface area contributed by atoms with Gasteiger partial charge < -0.3 is 10.6 Å². The Labute approximate surface area is 138 Å². The molecule has 0 atom stereocenters. The van der Waals surface area contributed by atoms with Crippen LogP contribution >= 0.6 is 0 Å². The minimum absolute atomic E-state index is 0.0431. The van der Waals surface area contributed by atoms with E-state index in [0.29, 0.717) is 23.4 Å². The zero-order valence-corrected chi connectivity index (χ0v) is 13.3. The largest absolute Gasteiger partial charge is 0.352 e. The fraction of sp³-hybridized carbons (Fsp3) is 0.176. The summed E-state index contributed by atoms with van der Waals surface area (Å²) in [4.78, 5) is 33.5. The van der Waals surface area contributed by atoms with E-state index in [1.807, 2.05) is 0 Å². The van der Waals surface area contributed by atoms with Gasteiger partial charge in [-0.05, 0) is 30.7 Å². The van der Waals surface area contributed by atoms with Crippen molar-refractivity contribution < 1.29 is 14.5 Å². The summed E-state index contributed by atoms with van der Waals surface area (Å²) in [5.74, 6) is -0.489. The van der Waals surface area contributed by atoms with Gasteiger partial charge in [0.2, 0.25) is 5.91 Å². The first-order valence-electron chi connectivity index (χ1n) is 7.26. The zero-order valence-electron chi connectivity index (χ0n) is 13.3. The maximum atomic E-state index is 12.2. The average molecular weight is 327 g/mol. The number of nitrogens with zero attached hydrogens (tertiary/aromatic N) is 1. The zero-order chi connectivity index (χ0) is 17.7. The number of carbonyl (C=O) groups excluding carboxylic acids is 2. The van der Waals surface area contributed by atoms with E-state index in [1.54, 1.807) is 43.3 Å². The van der Waals surface area contributed by atoms with Crippen LogP contribution in [0.2, 0.25) is 0 Å². The van der Waals surface area contributed by atoms with Gasteiger partial charge in [-0.3, -0.25) is 19.7 Å². The smallest absolute Gasteiger partial charge is 0.274 e. The lowest BCUT2D eigenvalue weighted by Gasteiger charge is -2.07. The minimum atomic E-state index is -0.484. The maximum absolute atomic E-state index is 12.2. The molecule has 24 heavy (non-hydrogen) atoms. The van der Waals surface area contributed by atoms with Crippen LogP contribution < -0.4 is 10.6 Å². The van der Waals surface area contributed by atoms with E-state index in [4.69, 9.17) is 0 Å². The number of anilines is 1. The Balaban J connectivity index is 2.08. The predicted molar refractivity (Wildman–Crippen MR) is 89.7 cm³/mol. The topological polar surface area (TPSA) is 101 Å². The van der Waals surface area contributed by atoms with Crippen molar-refractivity contribution in [2.75, 3.05) is 5.32 Å². The summed E-state index contributed by atoms with van der Waals surface area (Å²) in [5, 5.41) is 16.2. The predicted octanol–water partition coefficient (Wildman–Crippen LogP) is 2.79. The number of nitro benzene ring substituents is 1. The Bertz CT molecular complexity index is 785. The van der Waals surface area contributed by atoms with Gasteiger partial charge in [-0.1, -0.05) is 18.2 Å². The van der Waals surface area contributed by atoms with Gasteiger partial charge in [0.1, 0.15) is 0 Å². The lowest BCUT2D eigenvalue weighted by molar-refractivity contribution is -0.385. The van der Waals surface area contributed by atoms with Crippen LogP contribution in [0.1, 0.15) is 28.4 Å². The van der Waals surface area contributed by atoms with Crippen LogP contribution in [0.25, 0.3) is 0 Å². The fourth-order valence-corrected chi connectivity index (χ4v) is 2.09. The maximum Gasteiger partial charge on any atom is 0.274 e. The summed E-state index contributed by atoms with van der Waals surface area (Å²) in [6.45, 7) is 3.46. The minimum Gasteiger partial charge on any atom is -0.352 e. The van der Waals surface area contributed by atoms with Crippen molar-refractivity contribution in [1.82, 2.24) is 5.32 Å². The fourth-order valence-electron chi connectivity index (χ4n) is 2.09. The Morgan fingerprint density at radius 1 is 1.12 bits per heavy atom. The van der Waals surface area contributed by atoms with Crippen LogP contribution in [0.4, 0.5) is 11.4 Å². The molecule has 0 aliphatic carbocycles. The molecule has 0 aliphatic heterocycles. The number of benzene rings is 2. The SMILES string of the molecule is CC(=O)NCc1ccc(C(=O)Nc2ccc(C)c([N+](=O)[O-])c2)cc1. The van der Waals surface area contributed by atoms with Crippen molar-refractivity contribution in [2.24, 2.45) is 0 Å². The number of carbonyl (C=O) groups is 2. The van der Waals surface area contributed by atoms with Crippen LogP contribution in [0.5, 0.6) is 0 Å². The monoisotopic (exact) mass is 327 g/mol. The van der Waals surface area contributed by atoms with E-state index in [9.17, 15) is 19.7 Å². The molecule has 0 saturated carbocycles. The number of aryl methyl sites for hydroxylation is 1. The molecule has 2 amide bonds. The molecule has 0 saturated heterocycles. The molecule has 0 aromatic heterocycles. The molecule has 0 fully saturated rings.